The summed E-state index contributed by atoms with van der Waals surface area (Å²) >= 11 is 0.830. The predicted molar refractivity (Wildman–Crippen MR) is 101 cm³/mol. The maximum atomic E-state index is 12.4. The number of hydrogen-bond donors (Lipinski definition) is 1. The molecule has 0 radical (unpaired) electrons. The molecule has 0 saturated carbocycles. The molecule has 3 amide bonds. The van der Waals surface area contributed by atoms with Gasteiger partial charge in [-0.15, -0.1) is 0 Å². The van der Waals surface area contributed by atoms with Crippen molar-refractivity contribution in [1.82, 2.24) is 4.90 Å². The number of carbonyl (C=O) groups is 3. The molecule has 132 valence electrons. The summed E-state index contributed by atoms with van der Waals surface area (Å²) in [6.07, 6.45) is 1.64. The van der Waals surface area contributed by atoms with Crippen molar-refractivity contribution in [2.45, 2.75) is 0 Å². The largest absolute Gasteiger partial charge is 0.497 e. The molecule has 6 nitrogen and oxygen atoms in total. The number of hydrogen-bond acceptors (Lipinski definition) is 5. The summed E-state index contributed by atoms with van der Waals surface area (Å²) < 4.78 is 5.09. The number of anilines is 1. The number of carbonyl (C=O) groups excluding carboxylic acids is 3. The van der Waals surface area contributed by atoms with Gasteiger partial charge in [-0.05, 0) is 35.5 Å². The Balaban J connectivity index is 1.67. The molecule has 0 unspecified atom stereocenters. The molecule has 0 spiro atoms. The Labute approximate surface area is 154 Å². The fourth-order valence-electron chi connectivity index (χ4n) is 2.38. The van der Waals surface area contributed by atoms with Crippen molar-refractivity contribution in [3.05, 3.63) is 65.1 Å². The second-order valence-electron chi connectivity index (χ2n) is 5.46. The summed E-state index contributed by atoms with van der Waals surface area (Å²) in [4.78, 5) is 38.0. The average molecular weight is 368 g/mol. The van der Waals surface area contributed by atoms with Crippen molar-refractivity contribution in [1.29, 1.82) is 0 Å². The zero-order valence-electron chi connectivity index (χ0n) is 14.0. The minimum absolute atomic E-state index is 0.301. The van der Waals surface area contributed by atoms with Crippen LogP contribution in [0.5, 0.6) is 5.75 Å². The van der Waals surface area contributed by atoms with Crippen molar-refractivity contribution in [2.75, 3.05) is 19.0 Å². The Hall–Kier alpha value is -3.06. The normalized spacial score (nSPS) is 15.4. The maximum Gasteiger partial charge on any atom is 0.294 e. The predicted octanol–water partition coefficient (Wildman–Crippen LogP) is 3.37. The Kier molecular flexibility index (Phi) is 5.38. The van der Waals surface area contributed by atoms with E-state index in [0.29, 0.717) is 16.3 Å². The second-order valence-corrected chi connectivity index (χ2v) is 6.45. The van der Waals surface area contributed by atoms with Gasteiger partial charge < -0.3 is 10.1 Å². The Morgan fingerprint density at radius 1 is 1.15 bits per heavy atom. The van der Waals surface area contributed by atoms with Crippen molar-refractivity contribution >= 4 is 40.6 Å². The first kappa shape index (κ1) is 17.8. The van der Waals surface area contributed by atoms with Gasteiger partial charge in [-0.3, -0.25) is 19.3 Å². The van der Waals surface area contributed by atoms with Crippen LogP contribution in [0.25, 0.3) is 6.08 Å². The molecule has 1 saturated heterocycles. The van der Waals surface area contributed by atoms with Gasteiger partial charge in [0, 0.05) is 11.8 Å². The monoisotopic (exact) mass is 368 g/mol. The summed E-state index contributed by atoms with van der Waals surface area (Å²) in [6, 6.07) is 16.1. The van der Waals surface area contributed by atoms with Gasteiger partial charge in [-0.1, -0.05) is 36.4 Å². The van der Waals surface area contributed by atoms with Gasteiger partial charge in [-0.25, -0.2) is 0 Å². The lowest BCUT2D eigenvalue weighted by molar-refractivity contribution is -0.127. The quantitative estimate of drug-likeness (QED) is 0.819. The summed E-state index contributed by atoms with van der Waals surface area (Å²) in [5.41, 5.74) is 1.35. The Morgan fingerprint density at radius 3 is 2.65 bits per heavy atom. The molecular formula is C19H16N2O4S. The number of nitrogens with one attached hydrogen (secondary N) is 1. The van der Waals surface area contributed by atoms with E-state index in [-0.39, 0.29) is 6.54 Å². The fraction of sp³-hybridized carbons (Fsp3) is 0.105. The minimum Gasteiger partial charge on any atom is -0.497 e. The SMILES string of the molecule is COc1cccc(NC(=O)CN2C(=O)S/C(=C\c3ccccc3)C2=O)c1. The van der Waals surface area contributed by atoms with Crippen molar-refractivity contribution in [3.63, 3.8) is 0 Å². The van der Waals surface area contributed by atoms with Crippen molar-refractivity contribution in [3.8, 4) is 5.75 Å². The van der Waals surface area contributed by atoms with Crippen LogP contribution in [-0.4, -0.2) is 35.6 Å². The number of ether oxygens (including phenoxy) is 1. The lowest BCUT2D eigenvalue weighted by Gasteiger charge is -2.12. The van der Waals surface area contributed by atoms with Crippen LogP contribution in [0.15, 0.2) is 59.5 Å². The van der Waals surface area contributed by atoms with Crippen LogP contribution in [0, 0.1) is 0 Å². The van der Waals surface area contributed by atoms with Crippen LogP contribution in [0.3, 0.4) is 0 Å². The third-order valence-electron chi connectivity index (χ3n) is 3.63. The highest BCUT2D eigenvalue weighted by Crippen LogP contribution is 2.32. The van der Waals surface area contributed by atoms with Gasteiger partial charge in [0.05, 0.1) is 12.0 Å². The van der Waals surface area contributed by atoms with Crippen molar-refractivity contribution in [2.24, 2.45) is 0 Å². The van der Waals surface area contributed by atoms with E-state index in [1.54, 1.807) is 30.3 Å². The van der Waals surface area contributed by atoms with E-state index >= 15 is 0 Å². The highest BCUT2D eigenvalue weighted by atomic mass is 32.2. The van der Waals surface area contributed by atoms with E-state index in [0.717, 1.165) is 22.2 Å². The lowest BCUT2D eigenvalue weighted by atomic mass is 10.2. The third kappa shape index (κ3) is 4.12. The molecule has 1 fully saturated rings. The number of amides is 3. The summed E-state index contributed by atoms with van der Waals surface area (Å²) in [5.74, 6) is -0.328. The average Bonchev–Trinajstić information content (AvgIpc) is 2.90. The molecule has 1 aliphatic rings. The van der Waals surface area contributed by atoms with E-state index in [4.69, 9.17) is 4.74 Å². The summed E-state index contributed by atoms with van der Waals surface area (Å²) in [7, 11) is 1.53. The van der Waals surface area contributed by atoms with E-state index in [9.17, 15) is 14.4 Å². The minimum atomic E-state index is -0.468. The highest BCUT2D eigenvalue weighted by molar-refractivity contribution is 8.18. The van der Waals surface area contributed by atoms with Crippen LogP contribution >= 0.6 is 11.8 Å². The maximum absolute atomic E-state index is 12.4. The van der Waals surface area contributed by atoms with Gasteiger partial charge in [0.1, 0.15) is 12.3 Å². The van der Waals surface area contributed by atoms with Gasteiger partial charge in [0.2, 0.25) is 5.91 Å². The van der Waals surface area contributed by atoms with Gasteiger partial charge in [0.15, 0.2) is 0 Å². The molecular weight excluding hydrogens is 352 g/mol. The molecule has 26 heavy (non-hydrogen) atoms. The van der Waals surface area contributed by atoms with Crippen LogP contribution in [0.2, 0.25) is 0 Å². The van der Waals surface area contributed by atoms with Crippen LogP contribution in [0.4, 0.5) is 10.5 Å². The van der Waals surface area contributed by atoms with Crippen LogP contribution < -0.4 is 10.1 Å². The third-order valence-corrected chi connectivity index (χ3v) is 4.53. The van der Waals surface area contributed by atoms with Crippen LogP contribution in [0.1, 0.15) is 5.56 Å². The van der Waals surface area contributed by atoms with E-state index in [1.165, 1.54) is 7.11 Å². The fourth-order valence-corrected chi connectivity index (χ4v) is 3.22. The molecule has 2 aromatic rings. The number of methoxy groups -OCH3 is 1. The molecule has 2 aromatic carbocycles. The summed E-state index contributed by atoms with van der Waals surface area (Å²) in [5, 5.41) is 2.20. The molecule has 1 heterocycles. The molecule has 0 bridgehead atoms. The molecule has 7 heteroatoms. The Bertz CT molecular complexity index is 880. The van der Waals surface area contributed by atoms with E-state index in [2.05, 4.69) is 5.32 Å². The van der Waals surface area contributed by atoms with Gasteiger partial charge >= 0.3 is 0 Å². The first-order valence-electron chi connectivity index (χ1n) is 7.81. The van der Waals surface area contributed by atoms with Gasteiger partial charge in [-0.2, -0.15) is 0 Å². The topological polar surface area (TPSA) is 75.7 Å². The number of thioether (sulfide) groups is 1. The van der Waals surface area contributed by atoms with Crippen molar-refractivity contribution < 1.29 is 19.1 Å². The zero-order valence-corrected chi connectivity index (χ0v) is 14.8. The second kappa shape index (κ2) is 7.88. The molecule has 1 N–H and O–H groups in total. The summed E-state index contributed by atoms with van der Waals surface area (Å²) in [6.45, 7) is -0.339. The smallest absolute Gasteiger partial charge is 0.294 e. The van der Waals surface area contributed by atoms with E-state index < -0.39 is 17.1 Å². The number of rotatable bonds is 5. The van der Waals surface area contributed by atoms with Gasteiger partial charge in [0.25, 0.3) is 11.1 Å². The standard InChI is InChI=1S/C19H16N2O4S/c1-25-15-9-5-8-14(11-15)20-17(22)12-21-18(23)16(26-19(21)24)10-13-6-3-2-4-7-13/h2-11H,12H2,1H3,(H,20,22)/b16-10-. The number of nitrogens with zero attached hydrogens (tertiary/aromatic N) is 1. The lowest BCUT2D eigenvalue weighted by Crippen LogP contribution is -2.36. The molecule has 0 atom stereocenters. The number of benzene rings is 2. The van der Waals surface area contributed by atoms with Crippen LogP contribution in [-0.2, 0) is 9.59 Å². The highest BCUT2D eigenvalue weighted by Gasteiger charge is 2.36. The zero-order chi connectivity index (χ0) is 18.5. The molecule has 1 aliphatic heterocycles. The van der Waals surface area contributed by atoms with E-state index in [1.807, 2.05) is 30.3 Å². The molecule has 0 aliphatic carbocycles. The number of imide groups is 1. The first-order chi connectivity index (χ1) is 12.6. The molecule has 3 rings (SSSR count). The Morgan fingerprint density at radius 2 is 1.92 bits per heavy atom. The molecule has 0 aromatic heterocycles. The first-order valence-corrected chi connectivity index (χ1v) is 8.63.